The van der Waals surface area contributed by atoms with Gasteiger partial charge in [0.25, 0.3) is 15.9 Å². The molecule has 0 aliphatic carbocycles. The summed E-state index contributed by atoms with van der Waals surface area (Å²) >= 11 is 6.05. The van der Waals surface area contributed by atoms with Crippen molar-refractivity contribution in [2.75, 3.05) is 18.0 Å². The van der Waals surface area contributed by atoms with E-state index in [0.717, 1.165) is 10.4 Å². The standard InChI is InChI=1S/C20H23ClN2O5S/c1-20(2,3)22-18(24)13-28-19(25)16-12-15(10-11-17(16)21)29(26,27)23(4)14-8-6-5-7-9-14/h5-12H,13H2,1-4H3,(H,22,24). The summed E-state index contributed by atoms with van der Waals surface area (Å²) in [7, 11) is -2.52. The highest BCUT2D eigenvalue weighted by Crippen LogP contribution is 2.26. The first-order chi connectivity index (χ1) is 13.4. The molecule has 7 nitrogen and oxygen atoms in total. The van der Waals surface area contributed by atoms with E-state index in [0.29, 0.717) is 5.69 Å². The number of para-hydroxylation sites is 1. The van der Waals surface area contributed by atoms with Crippen molar-refractivity contribution in [1.82, 2.24) is 5.32 Å². The molecule has 2 aromatic rings. The average molecular weight is 439 g/mol. The smallest absolute Gasteiger partial charge is 0.340 e. The molecule has 2 aromatic carbocycles. The Morgan fingerprint density at radius 3 is 2.31 bits per heavy atom. The number of esters is 1. The number of hydrogen-bond acceptors (Lipinski definition) is 5. The molecule has 0 saturated heterocycles. The van der Waals surface area contributed by atoms with E-state index in [2.05, 4.69) is 5.32 Å². The highest BCUT2D eigenvalue weighted by atomic mass is 35.5. The van der Waals surface area contributed by atoms with E-state index in [1.807, 2.05) is 0 Å². The number of carbonyl (C=O) groups is 2. The normalized spacial score (nSPS) is 11.6. The molecule has 0 spiro atoms. The van der Waals surface area contributed by atoms with Crippen LogP contribution in [0, 0.1) is 0 Å². The summed E-state index contributed by atoms with van der Waals surface area (Å²) in [5.41, 5.74) is -0.153. The van der Waals surface area contributed by atoms with Crippen LogP contribution in [0.1, 0.15) is 31.1 Å². The van der Waals surface area contributed by atoms with E-state index in [1.54, 1.807) is 51.1 Å². The summed E-state index contributed by atoms with van der Waals surface area (Å²) in [6.45, 7) is 4.87. The Labute approximate surface area is 175 Å². The average Bonchev–Trinajstić information content (AvgIpc) is 2.65. The first-order valence-corrected chi connectivity index (χ1v) is 10.6. The van der Waals surface area contributed by atoms with E-state index >= 15 is 0 Å². The van der Waals surface area contributed by atoms with Crippen LogP contribution in [-0.2, 0) is 19.6 Å². The minimum atomic E-state index is -3.93. The zero-order chi connectivity index (χ0) is 21.8. The van der Waals surface area contributed by atoms with Crippen molar-refractivity contribution in [1.29, 1.82) is 0 Å². The van der Waals surface area contributed by atoms with E-state index in [4.69, 9.17) is 16.3 Å². The molecule has 0 unspecified atom stereocenters. The number of amides is 1. The molecule has 0 radical (unpaired) electrons. The molecular weight excluding hydrogens is 416 g/mol. The van der Waals surface area contributed by atoms with E-state index in [-0.39, 0.29) is 15.5 Å². The number of halogens is 1. The molecule has 29 heavy (non-hydrogen) atoms. The molecule has 0 aliphatic heterocycles. The Balaban J connectivity index is 2.23. The predicted molar refractivity (Wildman–Crippen MR) is 112 cm³/mol. The van der Waals surface area contributed by atoms with Crippen LogP contribution in [0.25, 0.3) is 0 Å². The number of carbonyl (C=O) groups excluding carboxylic acids is 2. The molecular formula is C20H23ClN2O5S. The summed E-state index contributed by atoms with van der Waals surface area (Å²) < 4.78 is 31.9. The molecule has 1 amide bonds. The quantitative estimate of drug-likeness (QED) is 0.699. The molecule has 0 fully saturated rings. The second-order valence-electron chi connectivity index (χ2n) is 7.32. The van der Waals surface area contributed by atoms with Gasteiger partial charge in [-0.05, 0) is 51.1 Å². The molecule has 1 N–H and O–H groups in total. The number of benzene rings is 2. The van der Waals surface area contributed by atoms with Gasteiger partial charge in [-0.25, -0.2) is 13.2 Å². The van der Waals surface area contributed by atoms with Gasteiger partial charge in [0.1, 0.15) is 0 Å². The monoisotopic (exact) mass is 438 g/mol. The van der Waals surface area contributed by atoms with Crippen LogP contribution in [-0.4, -0.2) is 39.5 Å². The third-order valence-corrected chi connectivity index (χ3v) is 5.90. The lowest BCUT2D eigenvalue weighted by Gasteiger charge is -2.20. The number of nitrogens with one attached hydrogen (secondary N) is 1. The first kappa shape index (κ1) is 22.7. The van der Waals surface area contributed by atoms with Crippen molar-refractivity contribution in [3.05, 3.63) is 59.1 Å². The van der Waals surface area contributed by atoms with Crippen LogP contribution >= 0.6 is 11.6 Å². The van der Waals surface area contributed by atoms with Gasteiger partial charge in [-0.3, -0.25) is 9.10 Å². The summed E-state index contributed by atoms with van der Waals surface area (Å²) in [6, 6.07) is 12.3. The third kappa shape index (κ3) is 5.95. The van der Waals surface area contributed by atoms with Crippen LogP contribution in [0.2, 0.25) is 5.02 Å². The minimum absolute atomic E-state index is 0.0209. The maximum absolute atomic E-state index is 12.9. The summed E-state index contributed by atoms with van der Waals surface area (Å²) in [5.74, 6) is -1.37. The number of rotatable bonds is 6. The van der Waals surface area contributed by atoms with Gasteiger partial charge in [-0.2, -0.15) is 0 Å². The van der Waals surface area contributed by atoms with E-state index in [1.165, 1.54) is 19.2 Å². The molecule has 0 saturated carbocycles. The fourth-order valence-electron chi connectivity index (χ4n) is 2.42. The van der Waals surface area contributed by atoms with Crippen LogP contribution in [0.3, 0.4) is 0 Å². The van der Waals surface area contributed by atoms with Gasteiger partial charge in [0, 0.05) is 12.6 Å². The van der Waals surface area contributed by atoms with Crippen LogP contribution in [0.5, 0.6) is 0 Å². The maximum atomic E-state index is 12.9. The fourth-order valence-corrected chi connectivity index (χ4v) is 3.84. The van der Waals surface area contributed by atoms with Crippen molar-refractivity contribution in [2.45, 2.75) is 31.2 Å². The molecule has 2 rings (SSSR count). The lowest BCUT2D eigenvalue weighted by Crippen LogP contribution is -2.42. The number of nitrogens with zero attached hydrogens (tertiary/aromatic N) is 1. The largest absolute Gasteiger partial charge is 0.452 e. The van der Waals surface area contributed by atoms with Crippen molar-refractivity contribution in [2.24, 2.45) is 0 Å². The Kier molecular flexibility index (Phi) is 6.92. The SMILES string of the molecule is CN(c1ccccc1)S(=O)(=O)c1ccc(Cl)c(C(=O)OCC(=O)NC(C)(C)C)c1. The first-order valence-electron chi connectivity index (χ1n) is 8.73. The fraction of sp³-hybridized carbons (Fsp3) is 0.300. The number of anilines is 1. The van der Waals surface area contributed by atoms with E-state index < -0.39 is 34.0 Å². The zero-order valence-electron chi connectivity index (χ0n) is 16.6. The van der Waals surface area contributed by atoms with Gasteiger partial charge in [0.05, 0.1) is 21.2 Å². The number of hydrogen-bond donors (Lipinski definition) is 1. The minimum Gasteiger partial charge on any atom is -0.452 e. The second-order valence-corrected chi connectivity index (χ2v) is 9.70. The van der Waals surface area contributed by atoms with E-state index in [9.17, 15) is 18.0 Å². The molecule has 0 bridgehead atoms. The Bertz CT molecular complexity index is 1000. The van der Waals surface area contributed by atoms with Crippen LogP contribution in [0.15, 0.2) is 53.4 Å². The Morgan fingerprint density at radius 1 is 1.10 bits per heavy atom. The maximum Gasteiger partial charge on any atom is 0.340 e. The van der Waals surface area contributed by atoms with Gasteiger partial charge in [-0.1, -0.05) is 29.8 Å². The van der Waals surface area contributed by atoms with Crippen molar-refractivity contribution in [3.63, 3.8) is 0 Å². The van der Waals surface area contributed by atoms with Crippen molar-refractivity contribution < 1.29 is 22.7 Å². The number of ether oxygens (including phenoxy) is 1. The van der Waals surface area contributed by atoms with Crippen LogP contribution in [0.4, 0.5) is 5.69 Å². The van der Waals surface area contributed by atoms with Gasteiger partial charge >= 0.3 is 5.97 Å². The zero-order valence-corrected chi connectivity index (χ0v) is 18.2. The lowest BCUT2D eigenvalue weighted by atomic mass is 10.1. The lowest BCUT2D eigenvalue weighted by molar-refractivity contribution is -0.125. The summed E-state index contributed by atoms with van der Waals surface area (Å²) in [5, 5.41) is 2.68. The van der Waals surface area contributed by atoms with Gasteiger partial charge in [-0.15, -0.1) is 0 Å². The Hall–Kier alpha value is -2.58. The molecule has 0 atom stereocenters. The third-order valence-electron chi connectivity index (χ3n) is 3.78. The predicted octanol–water partition coefficient (Wildman–Crippen LogP) is 3.24. The molecule has 0 heterocycles. The summed E-state index contributed by atoms with van der Waals surface area (Å²) in [4.78, 5) is 24.1. The summed E-state index contributed by atoms with van der Waals surface area (Å²) in [6.07, 6.45) is 0. The molecule has 0 aliphatic rings. The number of sulfonamides is 1. The van der Waals surface area contributed by atoms with Gasteiger partial charge in [0.15, 0.2) is 6.61 Å². The van der Waals surface area contributed by atoms with Gasteiger partial charge in [0.2, 0.25) is 0 Å². The van der Waals surface area contributed by atoms with Crippen molar-refractivity contribution in [3.8, 4) is 0 Å². The molecule has 0 aromatic heterocycles. The Morgan fingerprint density at radius 2 is 1.72 bits per heavy atom. The highest BCUT2D eigenvalue weighted by molar-refractivity contribution is 7.92. The topological polar surface area (TPSA) is 92.8 Å². The second kappa shape index (κ2) is 8.84. The molecule has 9 heteroatoms. The van der Waals surface area contributed by atoms with Crippen molar-refractivity contribution >= 4 is 39.2 Å². The van der Waals surface area contributed by atoms with Gasteiger partial charge < -0.3 is 10.1 Å². The molecule has 156 valence electrons. The highest BCUT2D eigenvalue weighted by Gasteiger charge is 2.24. The van der Waals surface area contributed by atoms with Crippen LogP contribution < -0.4 is 9.62 Å².